The zero-order valence-electron chi connectivity index (χ0n) is 8.32. The van der Waals surface area contributed by atoms with Gasteiger partial charge in [-0.1, -0.05) is 0 Å². The average Bonchev–Trinajstić information content (AvgIpc) is 2.97. The third-order valence-corrected chi connectivity index (χ3v) is 2.90. The van der Waals surface area contributed by atoms with E-state index in [0.29, 0.717) is 19.7 Å². The van der Waals surface area contributed by atoms with Gasteiger partial charge in [-0.25, -0.2) is 0 Å². The molecule has 1 atom stereocenters. The van der Waals surface area contributed by atoms with Crippen LogP contribution in [0.4, 0.5) is 0 Å². The van der Waals surface area contributed by atoms with Crippen molar-refractivity contribution in [2.45, 2.75) is 25.9 Å². The first-order valence-corrected chi connectivity index (χ1v) is 5.00. The molecule has 2 fully saturated rings. The van der Waals surface area contributed by atoms with Crippen molar-refractivity contribution in [1.29, 1.82) is 5.26 Å². The van der Waals surface area contributed by atoms with E-state index in [0.717, 1.165) is 12.8 Å². The van der Waals surface area contributed by atoms with Gasteiger partial charge in [0.2, 0.25) is 5.91 Å². The lowest BCUT2D eigenvalue weighted by Crippen LogP contribution is -2.47. The molecule has 0 aromatic rings. The third kappa shape index (κ3) is 1.48. The fourth-order valence-corrected chi connectivity index (χ4v) is 1.80. The molecule has 0 aromatic carbocycles. The molecule has 2 aliphatic rings. The number of hydrogen-bond acceptors (Lipinski definition) is 3. The number of carbonyl (C=O) groups is 1. The third-order valence-electron chi connectivity index (χ3n) is 2.90. The van der Waals surface area contributed by atoms with Crippen molar-refractivity contribution in [1.82, 2.24) is 4.90 Å². The van der Waals surface area contributed by atoms with Crippen LogP contribution in [0.3, 0.4) is 0 Å². The number of carbonyl (C=O) groups excluding carboxylic acids is 1. The molecule has 0 spiro atoms. The highest BCUT2D eigenvalue weighted by Gasteiger charge is 2.52. The van der Waals surface area contributed by atoms with E-state index in [1.54, 1.807) is 4.90 Å². The fraction of sp³-hybridized carbons (Fsp3) is 0.800. The summed E-state index contributed by atoms with van der Waals surface area (Å²) in [6.07, 6.45) is 1.56. The lowest BCUT2D eigenvalue weighted by molar-refractivity contribution is -0.141. The van der Waals surface area contributed by atoms with E-state index in [-0.39, 0.29) is 12.0 Å². The first-order valence-electron chi connectivity index (χ1n) is 5.00. The van der Waals surface area contributed by atoms with Crippen molar-refractivity contribution < 1.29 is 9.53 Å². The Labute approximate surface area is 83.4 Å². The van der Waals surface area contributed by atoms with Crippen LogP contribution >= 0.6 is 0 Å². The smallest absolute Gasteiger partial charge is 0.243 e. The maximum atomic E-state index is 11.9. The van der Waals surface area contributed by atoms with E-state index in [9.17, 15) is 4.79 Å². The monoisotopic (exact) mass is 194 g/mol. The fourth-order valence-electron chi connectivity index (χ4n) is 1.80. The van der Waals surface area contributed by atoms with Gasteiger partial charge in [-0.05, 0) is 19.8 Å². The van der Waals surface area contributed by atoms with Gasteiger partial charge in [0.1, 0.15) is 5.41 Å². The van der Waals surface area contributed by atoms with Crippen LogP contribution in [0.5, 0.6) is 0 Å². The molecule has 0 radical (unpaired) electrons. The normalized spacial score (nSPS) is 29.4. The summed E-state index contributed by atoms with van der Waals surface area (Å²) in [5.74, 6) is 0.00940. The molecule has 76 valence electrons. The topological polar surface area (TPSA) is 53.3 Å². The molecule has 1 saturated heterocycles. The second-order valence-electron chi connectivity index (χ2n) is 4.13. The molecular formula is C10H14N2O2. The van der Waals surface area contributed by atoms with E-state index < -0.39 is 5.41 Å². The summed E-state index contributed by atoms with van der Waals surface area (Å²) < 4.78 is 5.35. The van der Waals surface area contributed by atoms with Gasteiger partial charge in [0.25, 0.3) is 0 Å². The van der Waals surface area contributed by atoms with Gasteiger partial charge in [0, 0.05) is 13.1 Å². The second-order valence-corrected chi connectivity index (χ2v) is 4.13. The van der Waals surface area contributed by atoms with Crippen LogP contribution in [0, 0.1) is 16.7 Å². The lowest BCUT2D eigenvalue weighted by Gasteiger charge is -2.32. The molecule has 1 amide bonds. The second kappa shape index (κ2) is 3.25. The van der Waals surface area contributed by atoms with Gasteiger partial charge < -0.3 is 9.64 Å². The van der Waals surface area contributed by atoms with Crippen LogP contribution in [0.15, 0.2) is 0 Å². The molecule has 0 aromatic heterocycles. The summed E-state index contributed by atoms with van der Waals surface area (Å²) in [5.41, 5.74) is -0.670. The van der Waals surface area contributed by atoms with Crippen LogP contribution in [0.2, 0.25) is 0 Å². The van der Waals surface area contributed by atoms with E-state index in [2.05, 4.69) is 6.07 Å². The van der Waals surface area contributed by atoms with Gasteiger partial charge in [-0.15, -0.1) is 0 Å². The van der Waals surface area contributed by atoms with Gasteiger partial charge in [0.05, 0.1) is 18.8 Å². The summed E-state index contributed by atoms with van der Waals surface area (Å²) in [6.45, 7) is 3.80. The number of nitriles is 1. The van der Waals surface area contributed by atoms with Crippen molar-refractivity contribution in [3.63, 3.8) is 0 Å². The predicted octanol–water partition coefficient (Wildman–Crippen LogP) is 0.537. The highest BCUT2D eigenvalue weighted by molar-refractivity contribution is 5.88. The molecule has 1 unspecified atom stereocenters. The Morgan fingerprint density at radius 1 is 1.64 bits per heavy atom. The molecule has 4 heteroatoms. The minimum Gasteiger partial charge on any atom is -0.375 e. The Morgan fingerprint density at radius 2 is 2.36 bits per heavy atom. The summed E-state index contributed by atoms with van der Waals surface area (Å²) in [6, 6.07) is 2.13. The molecule has 1 heterocycles. The number of nitrogens with zero attached hydrogens (tertiary/aromatic N) is 2. The van der Waals surface area contributed by atoms with Crippen molar-refractivity contribution in [2.24, 2.45) is 5.41 Å². The Bertz CT molecular complexity index is 291. The van der Waals surface area contributed by atoms with Crippen molar-refractivity contribution in [2.75, 3.05) is 19.7 Å². The Hall–Kier alpha value is -1.08. The summed E-state index contributed by atoms with van der Waals surface area (Å²) in [4.78, 5) is 13.7. The van der Waals surface area contributed by atoms with E-state index in [1.807, 2.05) is 6.92 Å². The minimum absolute atomic E-state index is 0.00940. The molecule has 14 heavy (non-hydrogen) atoms. The van der Waals surface area contributed by atoms with E-state index in [1.165, 1.54) is 0 Å². The number of amides is 1. The van der Waals surface area contributed by atoms with Crippen LogP contribution in [0.1, 0.15) is 19.8 Å². The van der Waals surface area contributed by atoms with Gasteiger partial charge >= 0.3 is 0 Å². The van der Waals surface area contributed by atoms with Crippen LogP contribution in [-0.4, -0.2) is 36.6 Å². The molecule has 1 aliphatic heterocycles. The van der Waals surface area contributed by atoms with Crippen LogP contribution in [-0.2, 0) is 9.53 Å². The van der Waals surface area contributed by atoms with Crippen LogP contribution < -0.4 is 0 Å². The van der Waals surface area contributed by atoms with Gasteiger partial charge in [-0.3, -0.25) is 4.79 Å². The molecule has 1 aliphatic carbocycles. The highest BCUT2D eigenvalue weighted by atomic mass is 16.5. The lowest BCUT2D eigenvalue weighted by atomic mass is 10.1. The molecule has 2 rings (SSSR count). The number of morpholine rings is 1. The SMILES string of the molecule is CC1CN(C(=O)C2(C#N)CC2)CCO1. The zero-order chi connectivity index (χ0) is 10.2. The zero-order valence-corrected chi connectivity index (χ0v) is 8.32. The average molecular weight is 194 g/mol. The van der Waals surface area contributed by atoms with E-state index >= 15 is 0 Å². The first-order chi connectivity index (χ1) is 6.68. The van der Waals surface area contributed by atoms with Crippen molar-refractivity contribution >= 4 is 5.91 Å². The van der Waals surface area contributed by atoms with Gasteiger partial charge in [-0.2, -0.15) is 5.26 Å². The van der Waals surface area contributed by atoms with Gasteiger partial charge in [0.15, 0.2) is 0 Å². The Balaban J connectivity index is 2.01. The van der Waals surface area contributed by atoms with Crippen LogP contribution in [0.25, 0.3) is 0 Å². The predicted molar refractivity (Wildman–Crippen MR) is 49.3 cm³/mol. The Kier molecular flexibility index (Phi) is 2.20. The van der Waals surface area contributed by atoms with Crippen molar-refractivity contribution in [3.8, 4) is 6.07 Å². The molecule has 4 nitrogen and oxygen atoms in total. The summed E-state index contributed by atoms with van der Waals surface area (Å²) >= 11 is 0. The maximum Gasteiger partial charge on any atom is 0.243 e. The van der Waals surface area contributed by atoms with Crippen molar-refractivity contribution in [3.05, 3.63) is 0 Å². The number of ether oxygens (including phenoxy) is 1. The quantitative estimate of drug-likeness (QED) is 0.612. The molecule has 1 saturated carbocycles. The molecule has 0 bridgehead atoms. The molecular weight excluding hydrogens is 180 g/mol. The highest BCUT2D eigenvalue weighted by Crippen LogP contribution is 2.46. The molecule has 0 N–H and O–H groups in total. The summed E-state index contributed by atoms with van der Waals surface area (Å²) in [7, 11) is 0. The number of hydrogen-bond donors (Lipinski definition) is 0. The largest absolute Gasteiger partial charge is 0.375 e. The number of rotatable bonds is 1. The summed E-state index contributed by atoms with van der Waals surface area (Å²) in [5, 5.41) is 8.89. The standard InChI is InChI=1S/C10H14N2O2/c1-8-6-12(4-5-14-8)9(13)10(7-11)2-3-10/h8H,2-6H2,1H3. The first kappa shape index (κ1) is 9.47. The Morgan fingerprint density at radius 3 is 2.86 bits per heavy atom. The maximum absolute atomic E-state index is 11.9. The minimum atomic E-state index is -0.670. The van der Waals surface area contributed by atoms with E-state index in [4.69, 9.17) is 10.00 Å².